The van der Waals surface area contributed by atoms with E-state index in [1.54, 1.807) is 6.07 Å². The van der Waals surface area contributed by atoms with Gasteiger partial charge in [-0.15, -0.1) is 0 Å². The number of phenols is 1. The predicted molar refractivity (Wildman–Crippen MR) is 136 cm³/mol. The molecule has 0 radical (unpaired) electrons. The topological polar surface area (TPSA) is 110 Å². The van der Waals surface area contributed by atoms with Crippen molar-refractivity contribution in [1.82, 2.24) is 4.98 Å². The number of methoxy groups -OCH3 is 1. The summed E-state index contributed by atoms with van der Waals surface area (Å²) in [6, 6.07) is 13.7. The molecule has 3 aromatic carbocycles. The van der Waals surface area contributed by atoms with Crippen molar-refractivity contribution in [1.29, 1.82) is 0 Å². The lowest BCUT2D eigenvalue weighted by atomic mass is 9.67. The fraction of sp³-hybridized carbons (Fsp3) is 0.179. The van der Waals surface area contributed by atoms with Crippen molar-refractivity contribution in [3.8, 4) is 23.0 Å². The zero-order chi connectivity index (χ0) is 26.9. The third-order valence-electron chi connectivity index (χ3n) is 6.59. The molecule has 1 saturated carbocycles. The van der Waals surface area contributed by atoms with Gasteiger partial charge >= 0.3 is 0 Å². The van der Waals surface area contributed by atoms with Crippen molar-refractivity contribution in [3.05, 3.63) is 78.5 Å². The molecule has 0 atom stereocenters. The van der Waals surface area contributed by atoms with Crippen molar-refractivity contribution < 1.29 is 33.0 Å². The number of nitrogens with zero attached hydrogens (tertiary/aromatic N) is 1. The van der Waals surface area contributed by atoms with Crippen molar-refractivity contribution >= 4 is 34.1 Å². The lowest BCUT2D eigenvalue weighted by molar-refractivity contribution is -0.142. The Bertz CT molecular complexity index is 1540. The highest BCUT2D eigenvalue weighted by Gasteiger charge is 2.50. The van der Waals surface area contributed by atoms with Gasteiger partial charge in [0.2, 0.25) is 11.8 Å². The molecular weight excluding hydrogens is 496 g/mol. The predicted octanol–water partition coefficient (Wildman–Crippen LogP) is 5.77. The number of carbonyl (C=O) groups excluding carboxylic acids is 2. The van der Waals surface area contributed by atoms with Gasteiger partial charge in [-0.1, -0.05) is 6.42 Å². The van der Waals surface area contributed by atoms with Crippen LogP contribution in [0.15, 0.2) is 66.9 Å². The summed E-state index contributed by atoms with van der Waals surface area (Å²) in [5.41, 5.74) is -0.346. The molecule has 38 heavy (non-hydrogen) atoms. The summed E-state index contributed by atoms with van der Waals surface area (Å²) in [5.74, 6) is -1.93. The number of aromatic hydroxyl groups is 1. The Labute approximate surface area is 216 Å². The molecule has 3 N–H and O–H groups in total. The molecule has 1 heterocycles. The molecule has 5 rings (SSSR count). The molecule has 1 fully saturated rings. The maximum Gasteiger partial charge on any atom is 0.240 e. The number of nitrogens with one attached hydrogen (secondary N) is 2. The number of benzene rings is 3. The Hall–Kier alpha value is -4.73. The first-order valence-corrected chi connectivity index (χ1v) is 11.8. The van der Waals surface area contributed by atoms with E-state index < -0.39 is 28.9 Å². The molecule has 8 nitrogen and oxygen atoms in total. The largest absolute Gasteiger partial charge is 0.504 e. The van der Waals surface area contributed by atoms with Crippen molar-refractivity contribution in [2.75, 3.05) is 17.7 Å². The second kappa shape index (κ2) is 9.97. The number of aromatic nitrogens is 1. The lowest BCUT2D eigenvalue weighted by Gasteiger charge is -2.38. The lowest BCUT2D eigenvalue weighted by Crippen LogP contribution is -2.50. The number of rotatable bonds is 7. The third kappa shape index (κ3) is 4.68. The van der Waals surface area contributed by atoms with E-state index >= 15 is 4.39 Å². The standard InChI is InChI=1S/C28H23F2N3O5/c1-37-25-14-19-21(15-22(25)34)31-12-9-23(19)38-24-8-7-18(13-20(24)30)33-27(36)28(10-2-11-28)26(35)32-17-5-3-16(29)4-6-17/h3-9,12-15,34H,2,10-11H2,1H3,(H,32,35)(H,33,36). The highest BCUT2D eigenvalue weighted by atomic mass is 19.1. The van der Waals surface area contributed by atoms with Gasteiger partial charge < -0.3 is 25.2 Å². The number of anilines is 2. The SMILES string of the molecule is COc1cc2c(Oc3ccc(NC(=O)C4(C(=O)Nc5ccc(F)cc5)CCC4)cc3F)ccnc2cc1O. The van der Waals surface area contributed by atoms with Crippen LogP contribution in [0.1, 0.15) is 19.3 Å². The first-order chi connectivity index (χ1) is 18.3. The number of hydrogen-bond acceptors (Lipinski definition) is 6. The third-order valence-corrected chi connectivity index (χ3v) is 6.59. The summed E-state index contributed by atoms with van der Waals surface area (Å²) in [7, 11) is 1.41. The Kier molecular flexibility index (Phi) is 6.54. The molecule has 1 aromatic heterocycles. The van der Waals surface area contributed by atoms with Gasteiger partial charge in [-0.05, 0) is 61.4 Å². The number of fused-ring (bicyclic) bond motifs is 1. The zero-order valence-corrected chi connectivity index (χ0v) is 20.3. The minimum atomic E-state index is -1.30. The van der Waals surface area contributed by atoms with Crippen LogP contribution >= 0.6 is 0 Å². The second-order valence-corrected chi connectivity index (χ2v) is 8.95. The number of halogens is 2. The van der Waals surface area contributed by atoms with E-state index in [-0.39, 0.29) is 28.7 Å². The van der Waals surface area contributed by atoms with Gasteiger partial charge in [0, 0.05) is 35.1 Å². The number of hydrogen-bond donors (Lipinski definition) is 3. The van der Waals surface area contributed by atoms with E-state index in [9.17, 15) is 19.1 Å². The molecule has 4 aromatic rings. The van der Waals surface area contributed by atoms with Crippen molar-refractivity contribution in [2.24, 2.45) is 5.41 Å². The monoisotopic (exact) mass is 519 g/mol. The first-order valence-electron chi connectivity index (χ1n) is 11.8. The molecule has 0 aliphatic heterocycles. The van der Waals surface area contributed by atoms with Crippen LogP contribution in [0, 0.1) is 17.0 Å². The van der Waals surface area contributed by atoms with Crippen LogP contribution in [0.4, 0.5) is 20.2 Å². The van der Waals surface area contributed by atoms with Crippen LogP contribution in [-0.4, -0.2) is 29.0 Å². The van der Waals surface area contributed by atoms with E-state index in [1.165, 1.54) is 61.8 Å². The molecule has 0 bridgehead atoms. The number of carbonyl (C=O) groups is 2. The summed E-state index contributed by atoms with van der Waals surface area (Å²) >= 11 is 0. The summed E-state index contributed by atoms with van der Waals surface area (Å²) < 4.78 is 39.1. The Morgan fingerprint density at radius 1 is 0.895 bits per heavy atom. The number of ether oxygens (including phenoxy) is 2. The fourth-order valence-electron chi connectivity index (χ4n) is 4.29. The van der Waals surface area contributed by atoms with Crippen molar-refractivity contribution in [2.45, 2.75) is 19.3 Å². The molecule has 0 unspecified atom stereocenters. The Morgan fingerprint density at radius 2 is 1.58 bits per heavy atom. The van der Waals surface area contributed by atoms with Crippen LogP contribution in [0.3, 0.4) is 0 Å². The normalized spacial score (nSPS) is 13.9. The summed E-state index contributed by atoms with van der Waals surface area (Å²) in [4.78, 5) is 30.2. The van der Waals surface area contributed by atoms with E-state index in [0.29, 0.717) is 35.9 Å². The average molecular weight is 520 g/mol. The van der Waals surface area contributed by atoms with Crippen LogP contribution in [0.2, 0.25) is 0 Å². The van der Waals surface area contributed by atoms with Gasteiger partial charge in [0.25, 0.3) is 0 Å². The molecule has 194 valence electrons. The molecule has 0 saturated heterocycles. The van der Waals surface area contributed by atoms with E-state index in [2.05, 4.69) is 15.6 Å². The number of pyridine rings is 1. The van der Waals surface area contributed by atoms with Crippen molar-refractivity contribution in [3.63, 3.8) is 0 Å². The average Bonchev–Trinajstić information content (AvgIpc) is 2.86. The molecular formula is C28H23F2N3O5. The van der Waals surface area contributed by atoms with Crippen LogP contribution in [0.25, 0.3) is 10.9 Å². The highest BCUT2D eigenvalue weighted by molar-refractivity contribution is 6.15. The Morgan fingerprint density at radius 3 is 2.21 bits per heavy atom. The second-order valence-electron chi connectivity index (χ2n) is 8.95. The van der Waals surface area contributed by atoms with Gasteiger partial charge in [-0.3, -0.25) is 14.6 Å². The minimum Gasteiger partial charge on any atom is -0.504 e. The molecule has 10 heteroatoms. The van der Waals surface area contributed by atoms with Gasteiger partial charge in [0.05, 0.1) is 12.6 Å². The van der Waals surface area contributed by atoms with Gasteiger partial charge in [-0.2, -0.15) is 0 Å². The first kappa shape index (κ1) is 24.9. The summed E-state index contributed by atoms with van der Waals surface area (Å²) in [5, 5.41) is 15.8. The molecule has 1 aliphatic rings. The quantitative estimate of drug-likeness (QED) is 0.268. The van der Waals surface area contributed by atoms with E-state index in [0.717, 1.165) is 6.07 Å². The molecule has 0 spiro atoms. The maximum absolute atomic E-state index is 15.0. The van der Waals surface area contributed by atoms with Crippen LogP contribution in [0.5, 0.6) is 23.0 Å². The number of amides is 2. The van der Waals surface area contributed by atoms with Gasteiger partial charge in [-0.25, -0.2) is 8.78 Å². The smallest absolute Gasteiger partial charge is 0.240 e. The highest BCUT2D eigenvalue weighted by Crippen LogP contribution is 2.43. The summed E-state index contributed by atoms with van der Waals surface area (Å²) in [6.07, 6.45) is 2.83. The minimum absolute atomic E-state index is 0.0912. The molecule has 1 aliphatic carbocycles. The molecule has 2 amide bonds. The summed E-state index contributed by atoms with van der Waals surface area (Å²) in [6.45, 7) is 0. The maximum atomic E-state index is 15.0. The zero-order valence-electron chi connectivity index (χ0n) is 20.3. The Balaban J connectivity index is 1.32. The fourth-order valence-corrected chi connectivity index (χ4v) is 4.29. The number of phenolic OH excluding ortho intramolecular Hbond substituents is 1. The van der Waals surface area contributed by atoms with Crippen LogP contribution in [-0.2, 0) is 9.59 Å². The van der Waals surface area contributed by atoms with Crippen LogP contribution < -0.4 is 20.1 Å². The van der Waals surface area contributed by atoms with E-state index in [4.69, 9.17) is 9.47 Å². The van der Waals surface area contributed by atoms with Gasteiger partial charge in [0.1, 0.15) is 17.0 Å². The van der Waals surface area contributed by atoms with Gasteiger partial charge in [0.15, 0.2) is 23.1 Å². The van der Waals surface area contributed by atoms with E-state index in [1.807, 2.05) is 0 Å².